The fourth-order valence-corrected chi connectivity index (χ4v) is 3.23. The number of nitrogens with one attached hydrogen (secondary N) is 3. The first-order valence-corrected chi connectivity index (χ1v) is 9.56. The van der Waals surface area contributed by atoms with Gasteiger partial charge in [0.25, 0.3) is 0 Å². The molecular weight excluding hydrogens is 479 g/mol. The molecule has 4 N–H and O–H groups in total. The first-order valence-electron chi connectivity index (χ1n) is 9.56. The SMILES string of the molecule is CCNC(=NCc1ccc(OC)c(O)c1)NCCc1c[nH]c2c(C)cccc12.I. The van der Waals surface area contributed by atoms with Gasteiger partial charge in [-0.05, 0) is 49.1 Å². The average molecular weight is 508 g/mol. The highest BCUT2D eigenvalue weighted by molar-refractivity contribution is 14.0. The fourth-order valence-electron chi connectivity index (χ4n) is 3.23. The molecule has 1 aromatic heterocycles. The van der Waals surface area contributed by atoms with Gasteiger partial charge in [-0.1, -0.05) is 24.3 Å². The molecule has 3 rings (SSSR count). The number of aromatic amines is 1. The Bertz CT molecular complexity index is 969. The van der Waals surface area contributed by atoms with Crippen molar-refractivity contribution in [1.29, 1.82) is 0 Å². The highest BCUT2D eigenvalue weighted by atomic mass is 127. The zero-order valence-electron chi connectivity index (χ0n) is 17.1. The molecule has 0 aliphatic carbocycles. The summed E-state index contributed by atoms with van der Waals surface area (Å²) >= 11 is 0. The summed E-state index contributed by atoms with van der Waals surface area (Å²) in [5.41, 5.74) is 4.68. The van der Waals surface area contributed by atoms with E-state index in [1.807, 2.05) is 13.0 Å². The van der Waals surface area contributed by atoms with Crippen molar-refractivity contribution in [1.82, 2.24) is 15.6 Å². The lowest BCUT2D eigenvalue weighted by molar-refractivity contribution is 0.373. The van der Waals surface area contributed by atoms with Gasteiger partial charge in [-0.3, -0.25) is 0 Å². The van der Waals surface area contributed by atoms with Crippen LogP contribution in [0, 0.1) is 6.92 Å². The van der Waals surface area contributed by atoms with Crippen molar-refractivity contribution in [2.24, 2.45) is 4.99 Å². The Morgan fingerprint density at radius 3 is 2.76 bits per heavy atom. The predicted molar refractivity (Wildman–Crippen MR) is 130 cm³/mol. The second kappa shape index (κ2) is 10.9. The molecule has 7 heteroatoms. The second-order valence-corrected chi connectivity index (χ2v) is 6.69. The highest BCUT2D eigenvalue weighted by Crippen LogP contribution is 2.26. The van der Waals surface area contributed by atoms with E-state index in [1.165, 1.54) is 29.1 Å². The standard InChI is InChI=1S/C22H28N4O2.HI/c1-4-23-22(26-13-16-8-9-20(28-3)19(27)12-16)24-11-10-17-14-25-21-15(2)6-5-7-18(17)21;/h5-9,12,14,25,27H,4,10-11,13H2,1-3H3,(H2,23,24,26);1H. The zero-order chi connectivity index (χ0) is 19.9. The van der Waals surface area contributed by atoms with E-state index in [-0.39, 0.29) is 29.7 Å². The van der Waals surface area contributed by atoms with Crippen LogP contribution in [0.3, 0.4) is 0 Å². The Morgan fingerprint density at radius 2 is 2.03 bits per heavy atom. The van der Waals surface area contributed by atoms with Crippen LogP contribution >= 0.6 is 24.0 Å². The van der Waals surface area contributed by atoms with Crippen LogP contribution < -0.4 is 15.4 Å². The van der Waals surface area contributed by atoms with Gasteiger partial charge in [0.15, 0.2) is 17.5 Å². The number of halogens is 1. The number of methoxy groups -OCH3 is 1. The number of aliphatic imine (C=N–C) groups is 1. The molecule has 2 aromatic carbocycles. The Kier molecular flexibility index (Phi) is 8.63. The van der Waals surface area contributed by atoms with E-state index in [1.54, 1.807) is 12.1 Å². The summed E-state index contributed by atoms with van der Waals surface area (Å²) in [6.45, 7) is 6.19. The molecule has 1 heterocycles. The summed E-state index contributed by atoms with van der Waals surface area (Å²) < 4.78 is 5.08. The number of phenols is 1. The molecule has 0 saturated heterocycles. The molecular formula is C22H29IN4O2. The van der Waals surface area contributed by atoms with Crippen molar-refractivity contribution in [3.05, 3.63) is 59.3 Å². The third-order valence-electron chi connectivity index (χ3n) is 4.70. The molecule has 29 heavy (non-hydrogen) atoms. The lowest BCUT2D eigenvalue weighted by Crippen LogP contribution is -2.38. The van der Waals surface area contributed by atoms with E-state index in [2.05, 4.69) is 51.9 Å². The van der Waals surface area contributed by atoms with Gasteiger partial charge < -0.3 is 25.5 Å². The minimum absolute atomic E-state index is 0. The van der Waals surface area contributed by atoms with Gasteiger partial charge in [-0.15, -0.1) is 24.0 Å². The summed E-state index contributed by atoms with van der Waals surface area (Å²) in [7, 11) is 1.54. The normalized spacial score (nSPS) is 11.2. The molecule has 156 valence electrons. The molecule has 0 spiro atoms. The number of nitrogens with zero attached hydrogens (tertiary/aromatic N) is 1. The van der Waals surface area contributed by atoms with Gasteiger partial charge in [0, 0.05) is 30.2 Å². The van der Waals surface area contributed by atoms with Crippen LogP contribution in [0.15, 0.2) is 47.6 Å². The first-order chi connectivity index (χ1) is 13.6. The van der Waals surface area contributed by atoms with Crippen molar-refractivity contribution in [3.63, 3.8) is 0 Å². The van der Waals surface area contributed by atoms with E-state index in [0.29, 0.717) is 12.3 Å². The Morgan fingerprint density at radius 1 is 1.21 bits per heavy atom. The fraction of sp³-hybridized carbons (Fsp3) is 0.318. The lowest BCUT2D eigenvalue weighted by Gasteiger charge is -2.11. The Hall–Kier alpha value is -2.42. The molecule has 6 nitrogen and oxygen atoms in total. The number of para-hydroxylation sites is 1. The summed E-state index contributed by atoms with van der Waals surface area (Å²) in [6, 6.07) is 11.7. The number of benzene rings is 2. The van der Waals surface area contributed by atoms with Gasteiger partial charge in [0.1, 0.15) is 0 Å². The number of H-pyrrole nitrogens is 1. The predicted octanol–water partition coefficient (Wildman–Crippen LogP) is 4.11. The number of aromatic hydroxyl groups is 1. The number of aromatic nitrogens is 1. The molecule has 0 saturated carbocycles. The van der Waals surface area contributed by atoms with Gasteiger partial charge in [0.05, 0.1) is 13.7 Å². The molecule has 0 atom stereocenters. The summed E-state index contributed by atoms with van der Waals surface area (Å²) in [5, 5.41) is 17.8. The van der Waals surface area contributed by atoms with Gasteiger partial charge in [0.2, 0.25) is 0 Å². The number of rotatable bonds is 7. The maximum absolute atomic E-state index is 9.91. The number of hydrogen-bond acceptors (Lipinski definition) is 3. The number of phenolic OH excluding ortho intramolecular Hbond substituents is 1. The topological polar surface area (TPSA) is 81.7 Å². The molecule has 0 radical (unpaired) electrons. The summed E-state index contributed by atoms with van der Waals surface area (Å²) in [5.74, 6) is 1.35. The number of guanidine groups is 1. The van der Waals surface area contributed by atoms with Crippen molar-refractivity contribution >= 4 is 40.8 Å². The van der Waals surface area contributed by atoms with Crippen molar-refractivity contribution in [3.8, 4) is 11.5 Å². The Labute approximate surface area is 188 Å². The maximum atomic E-state index is 9.91. The summed E-state index contributed by atoms with van der Waals surface area (Å²) in [6.07, 6.45) is 2.99. The monoisotopic (exact) mass is 508 g/mol. The molecule has 0 aliphatic rings. The van der Waals surface area contributed by atoms with Gasteiger partial charge in [-0.2, -0.15) is 0 Å². The van der Waals surface area contributed by atoms with E-state index in [9.17, 15) is 5.11 Å². The number of aryl methyl sites for hydroxylation is 1. The van der Waals surface area contributed by atoms with Crippen LogP contribution in [0.5, 0.6) is 11.5 Å². The van der Waals surface area contributed by atoms with Gasteiger partial charge in [-0.25, -0.2) is 4.99 Å². The quantitative estimate of drug-likeness (QED) is 0.220. The average Bonchev–Trinajstić information content (AvgIpc) is 3.11. The Balaban J connectivity index is 0.00000300. The third-order valence-corrected chi connectivity index (χ3v) is 4.70. The molecule has 0 fully saturated rings. The van der Waals surface area contributed by atoms with E-state index < -0.39 is 0 Å². The van der Waals surface area contributed by atoms with Crippen LogP contribution in [0.2, 0.25) is 0 Å². The number of ether oxygens (including phenoxy) is 1. The smallest absolute Gasteiger partial charge is 0.191 e. The third kappa shape index (κ3) is 5.79. The second-order valence-electron chi connectivity index (χ2n) is 6.69. The molecule has 0 bridgehead atoms. The van der Waals surface area contributed by atoms with E-state index in [4.69, 9.17) is 4.74 Å². The number of hydrogen-bond donors (Lipinski definition) is 4. The van der Waals surface area contributed by atoms with Crippen molar-refractivity contribution in [2.45, 2.75) is 26.8 Å². The first kappa shape index (κ1) is 22.9. The van der Waals surface area contributed by atoms with Crippen LogP contribution in [0.1, 0.15) is 23.6 Å². The largest absolute Gasteiger partial charge is 0.504 e. The summed E-state index contributed by atoms with van der Waals surface area (Å²) in [4.78, 5) is 7.98. The van der Waals surface area contributed by atoms with Gasteiger partial charge >= 0.3 is 0 Å². The van der Waals surface area contributed by atoms with Crippen LogP contribution in [-0.4, -0.2) is 36.2 Å². The lowest BCUT2D eigenvalue weighted by atomic mass is 10.1. The molecule has 0 amide bonds. The molecule has 0 aliphatic heterocycles. The molecule has 3 aromatic rings. The minimum Gasteiger partial charge on any atom is -0.504 e. The minimum atomic E-state index is 0. The number of fused-ring (bicyclic) bond motifs is 1. The molecule has 0 unspecified atom stereocenters. The maximum Gasteiger partial charge on any atom is 0.191 e. The van der Waals surface area contributed by atoms with Crippen molar-refractivity contribution < 1.29 is 9.84 Å². The van der Waals surface area contributed by atoms with Crippen LogP contribution in [0.25, 0.3) is 10.9 Å². The van der Waals surface area contributed by atoms with Crippen LogP contribution in [-0.2, 0) is 13.0 Å². The zero-order valence-corrected chi connectivity index (χ0v) is 19.4. The van der Waals surface area contributed by atoms with Crippen molar-refractivity contribution in [2.75, 3.05) is 20.2 Å². The van der Waals surface area contributed by atoms with Crippen LogP contribution in [0.4, 0.5) is 0 Å². The van der Waals surface area contributed by atoms with E-state index >= 15 is 0 Å². The van der Waals surface area contributed by atoms with E-state index in [0.717, 1.165) is 31.0 Å². The highest BCUT2D eigenvalue weighted by Gasteiger charge is 2.06.